The number of para-hydroxylation sites is 2. The molecule has 0 fully saturated rings. The zero-order valence-electron chi connectivity index (χ0n) is 20.5. The number of imidazole rings is 1. The van der Waals surface area contributed by atoms with Crippen LogP contribution in [0.2, 0.25) is 0 Å². The van der Waals surface area contributed by atoms with E-state index in [1.165, 1.54) is 0 Å². The maximum atomic E-state index is 12.6. The van der Waals surface area contributed by atoms with Gasteiger partial charge in [-0.25, -0.2) is 4.98 Å². The molecule has 1 aliphatic heterocycles. The molecule has 1 aliphatic rings. The number of esters is 1. The molecule has 38 heavy (non-hydrogen) atoms. The molecule has 2 atom stereocenters. The second-order valence-electron chi connectivity index (χ2n) is 9.01. The molecule has 1 aromatic heterocycles. The summed E-state index contributed by atoms with van der Waals surface area (Å²) in [4.78, 5) is 45.0. The van der Waals surface area contributed by atoms with Crippen LogP contribution in [0.25, 0.3) is 11.0 Å². The minimum absolute atomic E-state index is 0.147. The SMILES string of the molecule is N[C@@H](Cc1ccc2c(c1)NC(=O)C(CC(=O)NCc1nc3ccccc3[nH]1)O2)C(=O)OCc1ccccc1. The van der Waals surface area contributed by atoms with Crippen LogP contribution in [0.15, 0.2) is 72.8 Å². The number of aromatic amines is 1. The van der Waals surface area contributed by atoms with Gasteiger partial charge >= 0.3 is 5.97 Å². The first-order valence-electron chi connectivity index (χ1n) is 12.2. The number of amides is 2. The summed E-state index contributed by atoms with van der Waals surface area (Å²) in [6, 6.07) is 21.2. The number of benzene rings is 3. The van der Waals surface area contributed by atoms with Crippen LogP contribution >= 0.6 is 0 Å². The summed E-state index contributed by atoms with van der Waals surface area (Å²) < 4.78 is 11.1. The highest BCUT2D eigenvalue weighted by Crippen LogP contribution is 2.31. The molecule has 4 aromatic rings. The maximum absolute atomic E-state index is 12.6. The molecule has 0 spiro atoms. The highest BCUT2D eigenvalue weighted by atomic mass is 16.5. The quantitative estimate of drug-likeness (QED) is 0.251. The van der Waals surface area contributed by atoms with Crippen LogP contribution in [0.1, 0.15) is 23.4 Å². The number of rotatable bonds is 9. The number of H-pyrrole nitrogens is 1. The molecule has 2 amide bonds. The van der Waals surface area contributed by atoms with Crippen molar-refractivity contribution in [3.05, 3.63) is 89.7 Å². The molecular formula is C28H27N5O5. The van der Waals surface area contributed by atoms with Gasteiger partial charge in [-0.05, 0) is 41.8 Å². The predicted molar refractivity (Wildman–Crippen MR) is 140 cm³/mol. The molecule has 0 aliphatic carbocycles. The van der Waals surface area contributed by atoms with Crippen LogP contribution in [0.4, 0.5) is 5.69 Å². The number of nitrogens with one attached hydrogen (secondary N) is 3. The topological polar surface area (TPSA) is 148 Å². The van der Waals surface area contributed by atoms with Gasteiger partial charge in [0.25, 0.3) is 5.91 Å². The molecule has 0 saturated carbocycles. The number of ether oxygens (including phenoxy) is 2. The lowest BCUT2D eigenvalue weighted by molar-refractivity contribution is -0.146. The van der Waals surface area contributed by atoms with Gasteiger partial charge < -0.3 is 30.8 Å². The lowest BCUT2D eigenvalue weighted by Crippen LogP contribution is -2.41. The van der Waals surface area contributed by atoms with Crippen molar-refractivity contribution in [3.8, 4) is 5.75 Å². The highest BCUT2D eigenvalue weighted by molar-refractivity contribution is 6.00. The van der Waals surface area contributed by atoms with E-state index in [4.69, 9.17) is 15.2 Å². The molecule has 2 heterocycles. The van der Waals surface area contributed by atoms with E-state index in [0.717, 1.165) is 22.2 Å². The molecule has 10 heteroatoms. The number of nitrogens with two attached hydrogens (primary N) is 1. The smallest absolute Gasteiger partial charge is 0.323 e. The van der Waals surface area contributed by atoms with Crippen LogP contribution in [0.3, 0.4) is 0 Å². The van der Waals surface area contributed by atoms with E-state index < -0.39 is 24.0 Å². The summed E-state index contributed by atoms with van der Waals surface area (Å²) >= 11 is 0. The molecule has 10 nitrogen and oxygen atoms in total. The number of carbonyl (C=O) groups excluding carboxylic acids is 3. The number of hydrogen-bond acceptors (Lipinski definition) is 7. The molecule has 0 saturated heterocycles. The Bertz CT molecular complexity index is 1440. The van der Waals surface area contributed by atoms with Crippen molar-refractivity contribution < 1.29 is 23.9 Å². The number of hydrogen-bond donors (Lipinski definition) is 4. The Labute approximate surface area is 218 Å². The van der Waals surface area contributed by atoms with Crippen LogP contribution < -0.4 is 21.1 Å². The van der Waals surface area contributed by atoms with E-state index in [1.807, 2.05) is 54.6 Å². The van der Waals surface area contributed by atoms with Crippen molar-refractivity contribution in [1.82, 2.24) is 15.3 Å². The summed E-state index contributed by atoms with van der Waals surface area (Å²) in [5.74, 6) is -0.233. The minimum atomic E-state index is -0.973. The molecule has 5 N–H and O–H groups in total. The molecule has 0 bridgehead atoms. The molecule has 0 radical (unpaired) electrons. The van der Waals surface area contributed by atoms with Gasteiger partial charge in [-0.2, -0.15) is 0 Å². The fraction of sp³-hybridized carbons (Fsp3) is 0.214. The van der Waals surface area contributed by atoms with Gasteiger partial charge in [-0.1, -0.05) is 48.5 Å². The Morgan fingerprint density at radius 3 is 2.66 bits per heavy atom. The van der Waals surface area contributed by atoms with Crippen molar-refractivity contribution in [2.75, 3.05) is 5.32 Å². The lowest BCUT2D eigenvalue weighted by Gasteiger charge is -2.26. The van der Waals surface area contributed by atoms with Gasteiger partial charge in [0.15, 0.2) is 6.10 Å². The second kappa shape index (κ2) is 11.1. The lowest BCUT2D eigenvalue weighted by atomic mass is 10.0. The summed E-state index contributed by atoms with van der Waals surface area (Å²) in [5, 5.41) is 5.54. The Morgan fingerprint density at radius 1 is 1.05 bits per heavy atom. The van der Waals surface area contributed by atoms with E-state index in [-0.39, 0.29) is 31.9 Å². The molecule has 5 rings (SSSR count). The number of carbonyl (C=O) groups is 3. The van der Waals surface area contributed by atoms with E-state index >= 15 is 0 Å². The van der Waals surface area contributed by atoms with Gasteiger partial charge in [0.1, 0.15) is 24.2 Å². The third kappa shape index (κ3) is 5.98. The third-order valence-electron chi connectivity index (χ3n) is 6.11. The van der Waals surface area contributed by atoms with Crippen LogP contribution in [0, 0.1) is 0 Å². The summed E-state index contributed by atoms with van der Waals surface area (Å²) in [5.41, 5.74) is 9.80. The highest BCUT2D eigenvalue weighted by Gasteiger charge is 2.30. The normalized spacial score (nSPS) is 15.2. The van der Waals surface area contributed by atoms with Crippen molar-refractivity contribution in [1.29, 1.82) is 0 Å². The predicted octanol–water partition coefficient (Wildman–Crippen LogP) is 2.58. The van der Waals surface area contributed by atoms with Gasteiger partial charge in [0, 0.05) is 0 Å². The fourth-order valence-electron chi connectivity index (χ4n) is 4.14. The van der Waals surface area contributed by atoms with E-state index in [1.54, 1.807) is 18.2 Å². The number of fused-ring (bicyclic) bond motifs is 2. The van der Waals surface area contributed by atoms with Gasteiger partial charge in [0.2, 0.25) is 5.91 Å². The first kappa shape index (κ1) is 25.0. The first-order valence-corrected chi connectivity index (χ1v) is 12.2. The van der Waals surface area contributed by atoms with Gasteiger partial charge in [0.05, 0.1) is 29.7 Å². The fourth-order valence-corrected chi connectivity index (χ4v) is 4.14. The standard InChI is InChI=1S/C28H27N5O5/c29-19(28(36)37-16-17-6-2-1-3-7-17)12-18-10-11-23-22(13-18)33-27(35)24(38-23)14-26(34)30-15-25-31-20-8-4-5-9-21(20)32-25/h1-11,13,19,24H,12,14-16,29H2,(H,30,34)(H,31,32)(H,33,35)/t19-,24?/m0/s1. The van der Waals surface area contributed by atoms with Gasteiger partial charge in [-0.3, -0.25) is 14.4 Å². The number of aromatic nitrogens is 2. The van der Waals surface area contributed by atoms with E-state index in [2.05, 4.69) is 20.6 Å². The summed E-state index contributed by atoms with van der Waals surface area (Å²) in [7, 11) is 0. The second-order valence-corrected chi connectivity index (χ2v) is 9.01. The van der Waals surface area contributed by atoms with Crippen molar-refractivity contribution >= 4 is 34.5 Å². The monoisotopic (exact) mass is 513 g/mol. The Hall–Kier alpha value is -4.70. The zero-order valence-corrected chi connectivity index (χ0v) is 20.5. The van der Waals surface area contributed by atoms with Crippen molar-refractivity contribution in [2.45, 2.75) is 38.1 Å². The molecule has 3 aromatic carbocycles. The minimum Gasteiger partial charge on any atom is -0.478 e. The summed E-state index contributed by atoms with van der Waals surface area (Å²) in [6.07, 6.45) is -0.894. The Balaban J connectivity index is 1.12. The Kier molecular flexibility index (Phi) is 7.32. The first-order chi connectivity index (χ1) is 18.4. The van der Waals surface area contributed by atoms with Crippen LogP contribution in [-0.4, -0.2) is 39.9 Å². The Morgan fingerprint density at radius 2 is 1.84 bits per heavy atom. The molecular weight excluding hydrogens is 486 g/mol. The van der Waals surface area contributed by atoms with Crippen molar-refractivity contribution in [3.63, 3.8) is 0 Å². The number of nitrogens with zero attached hydrogens (tertiary/aromatic N) is 1. The maximum Gasteiger partial charge on any atom is 0.323 e. The van der Waals surface area contributed by atoms with Crippen molar-refractivity contribution in [2.24, 2.45) is 5.73 Å². The van der Waals surface area contributed by atoms with Gasteiger partial charge in [-0.15, -0.1) is 0 Å². The van der Waals surface area contributed by atoms with E-state index in [9.17, 15) is 14.4 Å². The third-order valence-corrected chi connectivity index (χ3v) is 6.11. The average molecular weight is 514 g/mol. The average Bonchev–Trinajstić information content (AvgIpc) is 3.35. The molecule has 194 valence electrons. The zero-order chi connectivity index (χ0) is 26.5. The number of anilines is 1. The van der Waals surface area contributed by atoms with Crippen LogP contribution in [-0.2, 0) is 38.7 Å². The summed E-state index contributed by atoms with van der Waals surface area (Å²) in [6.45, 7) is 0.352. The largest absolute Gasteiger partial charge is 0.478 e. The molecule has 1 unspecified atom stereocenters. The van der Waals surface area contributed by atoms with Crippen LogP contribution in [0.5, 0.6) is 5.75 Å². The van der Waals surface area contributed by atoms with E-state index in [0.29, 0.717) is 17.3 Å².